The fraction of sp³-hybridized carbons (Fsp3) is 0.345. The number of nitrogens with one attached hydrogen (secondary N) is 1. The van der Waals surface area contributed by atoms with Gasteiger partial charge in [0.15, 0.2) is 5.65 Å². The van der Waals surface area contributed by atoms with Crippen molar-refractivity contribution in [3.63, 3.8) is 0 Å². The molecule has 0 bridgehead atoms. The summed E-state index contributed by atoms with van der Waals surface area (Å²) < 4.78 is 11.9. The number of rotatable bonds is 5. The van der Waals surface area contributed by atoms with Crippen LogP contribution in [0, 0.1) is 0 Å². The number of para-hydroxylation sites is 1. The lowest BCUT2D eigenvalue weighted by atomic mass is 9.88. The Morgan fingerprint density at radius 2 is 1.89 bits per heavy atom. The van der Waals surface area contributed by atoms with Crippen molar-refractivity contribution in [2.24, 2.45) is 0 Å². The molecule has 8 heteroatoms. The van der Waals surface area contributed by atoms with Gasteiger partial charge in [-0.3, -0.25) is 5.10 Å². The summed E-state index contributed by atoms with van der Waals surface area (Å²) in [7, 11) is 0. The van der Waals surface area contributed by atoms with Gasteiger partial charge in [0.1, 0.15) is 23.8 Å². The molecule has 1 fully saturated rings. The molecule has 1 saturated heterocycles. The lowest BCUT2D eigenvalue weighted by Gasteiger charge is -2.34. The zero-order chi connectivity index (χ0) is 26.0. The first-order valence-electron chi connectivity index (χ1n) is 12.7. The smallest absolute Gasteiger partial charge is 0.410 e. The standard InChI is InChI=1S/C29H33N5O3/c1-29(2,3)37-28(35)34-15-9-12-20(17-34)22-16-23(31-27-25(22)26(30)32-33-27)21-13-7-8-14-24(21)36-18-19-10-5-4-6-11-19/h4-8,10-11,13-14,16,20H,9,12,15,17-18H2,1-3H3,(H3,30,31,32,33). The minimum Gasteiger partial charge on any atom is -0.488 e. The van der Waals surface area contributed by atoms with E-state index in [1.807, 2.05) is 75.4 Å². The molecule has 2 aromatic heterocycles. The summed E-state index contributed by atoms with van der Waals surface area (Å²) in [5.41, 5.74) is 10.1. The van der Waals surface area contributed by atoms with Crippen molar-refractivity contribution in [2.45, 2.75) is 51.7 Å². The lowest BCUT2D eigenvalue weighted by Crippen LogP contribution is -2.42. The number of amides is 1. The number of aromatic nitrogens is 3. The molecule has 0 aliphatic carbocycles. The second-order valence-electron chi connectivity index (χ2n) is 10.5. The van der Waals surface area contributed by atoms with E-state index in [-0.39, 0.29) is 12.0 Å². The number of nitrogens with zero attached hydrogens (tertiary/aromatic N) is 3. The van der Waals surface area contributed by atoms with Gasteiger partial charge in [-0.15, -0.1) is 0 Å². The quantitative estimate of drug-likeness (QED) is 0.354. The first-order chi connectivity index (χ1) is 17.8. The maximum atomic E-state index is 12.8. The van der Waals surface area contributed by atoms with Crippen molar-refractivity contribution >= 4 is 22.9 Å². The predicted octanol–water partition coefficient (Wildman–Crippen LogP) is 5.90. The largest absolute Gasteiger partial charge is 0.488 e. The van der Waals surface area contributed by atoms with E-state index in [1.165, 1.54) is 0 Å². The van der Waals surface area contributed by atoms with Crippen LogP contribution in [0.15, 0.2) is 60.7 Å². The van der Waals surface area contributed by atoms with E-state index < -0.39 is 5.60 Å². The summed E-state index contributed by atoms with van der Waals surface area (Å²) in [6.07, 6.45) is 1.51. The monoisotopic (exact) mass is 499 g/mol. The molecule has 1 unspecified atom stereocenters. The van der Waals surface area contributed by atoms with Crippen molar-refractivity contribution in [1.82, 2.24) is 20.1 Å². The zero-order valence-electron chi connectivity index (χ0n) is 21.5. The number of hydrogen-bond donors (Lipinski definition) is 2. The van der Waals surface area contributed by atoms with Crippen molar-refractivity contribution in [2.75, 3.05) is 18.8 Å². The summed E-state index contributed by atoms with van der Waals surface area (Å²) >= 11 is 0. The van der Waals surface area contributed by atoms with E-state index in [9.17, 15) is 4.79 Å². The maximum Gasteiger partial charge on any atom is 0.410 e. The van der Waals surface area contributed by atoms with E-state index in [0.717, 1.165) is 46.4 Å². The fourth-order valence-electron chi connectivity index (χ4n) is 4.80. The number of hydrogen-bond acceptors (Lipinski definition) is 6. The summed E-state index contributed by atoms with van der Waals surface area (Å²) in [5, 5.41) is 8.08. The highest BCUT2D eigenvalue weighted by molar-refractivity contribution is 5.92. The Hall–Kier alpha value is -4.07. The minimum absolute atomic E-state index is 0.0721. The van der Waals surface area contributed by atoms with Gasteiger partial charge in [-0.2, -0.15) is 5.10 Å². The minimum atomic E-state index is -0.542. The summed E-state index contributed by atoms with van der Waals surface area (Å²) in [4.78, 5) is 19.4. The molecule has 1 amide bonds. The summed E-state index contributed by atoms with van der Waals surface area (Å²) in [6.45, 7) is 7.32. The van der Waals surface area contributed by atoms with Gasteiger partial charge in [-0.05, 0) is 62.9 Å². The van der Waals surface area contributed by atoms with E-state index in [4.69, 9.17) is 20.2 Å². The van der Waals surface area contributed by atoms with Crippen LogP contribution in [-0.2, 0) is 11.3 Å². The first kappa shape index (κ1) is 24.6. The highest BCUT2D eigenvalue weighted by Gasteiger charge is 2.30. The molecular formula is C29H33N5O3. The van der Waals surface area contributed by atoms with Gasteiger partial charge in [0.25, 0.3) is 0 Å². The van der Waals surface area contributed by atoms with Gasteiger partial charge >= 0.3 is 6.09 Å². The third-order valence-electron chi connectivity index (χ3n) is 6.50. The van der Waals surface area contributed by atoms with Crippen molar-refractivity contribution in [3.8, 4) is 17.0 Å². The van der Waals surface area contributed by atoms with Crippen LogP contribution < -0.4 is 10.5 Å². The molecule has 3 N–H and O–H groups in total. The lowest BCUT2D eigenvalue weighted by molar-refractivity contribution is 0.0198. The molecule has 1 atom stereocenters. The van der Waals surface area contributed by atoms with E-state index >= 15 is 0 Å². The number of nitrogens with two attached hydrogens (primary N) is 1. The van der Waals surface area contributed by atoms with Gasteiger partial charge < -0.3 is 20.1 Å². The Labute approximate surface area is 216 Å². The molecule has 2 aromatic carbocycles. The van der Waals surface area contributed by atoms with E-state index in [2.05, 4.69) is 16.3 Å². The van der Waals surface area contributed by atoms with Gasteiger partial charge in [0.2, 0.25) is 0 Å². The van der Waals surface area contributed by atoms with Crippen molar-refractivity contribution in [1.29, 1.82) is 0 Å². The second-order valence-corrected chi connectivity index (χ2v) is 10.5. The molecule has 0 saturated carbocycles. The molecule has 0 radical (unpaired) electrons. The van der Waals surface area contributed by atoms with Crippen LogP contribution >= 0.6 is 0 Å². The number of pyridine rings is 1. The molecule has 37 heavy (non-hydrogen) atoms. The molecule has 5 rings (SSSR count). The fourth-order valence-corrected chi connectivity index (χ4v) is 4.80. The number of aromatic amines is 1. The molecular weight excluding hydrogens is 466 g/mol. The molecule has 8 nitrogen and oxygen atoms in total. The molecule has 0 spiro atoms. The first-order valence-corrected chi connectivity index (χ1v) is 12.7. The number of benzene rings is 2. The summed E-state index contributed by atoms with van der Waals surface area (Å²) in [5.74, 6) is 1.29. The van der Waals surface area contributed by atoms with Crippen LogP contribution in [-0.4, -0.2) is 44.9 Å². The Morgan fingerprint density at radius 1 is 1.14 bits per heavy atom. The highest BCUT2D eigenvalue weighted by Crippen LogP contribution is 2.38. The van der Waals surface area contributed by atoms with Gasteiger partial charge in [-0.25, -0.2) is 9.78 Å². The normalized spacial score (nSPS) is 16.1. The number of likely N-dealkylation sites (tertiary alicyclic amines) is 1. The van der Waals surface area contributed by atoms with Crippen LogP contribution in [0.25, 0.3) is 22.3 Å². The van der Waals surface area contributed by atoms with Gasteiger partial charge in [0, 0.05) is 24.6 Å². The number of H-pyrrole nitrogens is 1. The zero-order valence-corrected chi connectivity index (χ0v) is 21.5. The Kier molecular flexibility index (Phi) is 6.74. The van der Waals surface area contributed by atoms with Crippen molar-refractivity contribution < 1.29 is 14.3 Å². The van der Waals surface area contributed by atoms with Gasteiger partial charge in [-0.1, -0.05) is 42.5 Å². The third kappa shape index (κ3) is 5.53. The molecule has 3 heterocycles. The topological polar surface area (TPSA) is 106 Å². The van der Waals surface area contributed by atoms with Crippen LogP contribution in [0.5, 0.6) is 5.75 Å². The van der Waals surface area contributed by atoms with Crippen LogP contribution in [0.1, 0.15) is 50.7 Å². The van der Waals surface area contributed by atoms with Crippen LogP contribution in [0.3, 0.4) is 0 Å². The Bertz CT molecular complexity index is 1390. The number of fused-ring (bicyclic) bond motifs is 1. The number of carbonyl (C=O) groups excluding carboxylic acids is 1. The number of carbonyl (C=O) groups is 1. The van der Waals surface area contributed by atoms with Crippen LogP contribution in [0.2, 0.25) is 0 Å². The molecule has 1 aliphatic heterocycles. The highest BCUT2D eigenvalue weighted by atomic mass is 16.6. The van der Waals surface area contributed by atoms with E-state index in [0.29, 0.717) is 31.2 Å². The summed E-state index contributed by atoms with van der Waals surface area (Å²) in [6, 6.07) is 20.0. The number of anilines is 1. The van der Waals surface area contributed by atoms with Gasteiger partial charge in [0.05, 0.1) is 11.1 Å². The number of nitrogen functional groups attached to an aromatic ring is 1. The maximum absolute atomic E-state index is 12.8. The van der Waals surface area contributed by atoms with Crippen molar-refractivity contribution in [3.05, 3.63) is 71.8 Å². The molecule has 4 aromatic rings. The number of ether oxygens (including phenoxy) is 2. The Balaban J connectivity index is 1.48. The third-order valence-corrected chi connectivity index (χ3v) is 6.50. The molecule has 192 valence electrons. The van der Waals surface area contributed by atoms with Crippen LogP contribution in [0.4, 0.5) is 10.6 Å². The molecule has 1 aliphatic rings. The number of piperidine rings is 1. The average Bonchev–Trinajstić information content (AvgIpc) is 3.27. The second kappa shape index (κ2) is 10.1. The predicted molar refractivity (Wildman–Crippen MR) is 144 cm³/mol. The average molecular weight is 500 g/mol. The SMILES string of the molecule is CC(C)(C)OC(=O)N1CCCC(c2cc(-c3ccccc3OCc3ccccc3)nc3n[nH]c(N)c23)C1. The Morgan fingerprint density at radius 3 is 2.68 bits per heavy atom. The van der Waals surface area contributed by atoms with E-state index in [1.54, 1.807) is 4.90 Å².